The lowest BCUT2D eigenvalue weighted by molar-refractivity contribution is 0.111. The van der Waals surface area contributed by atoms with Crippen LogP contribution in [0.15, 0.2) is 0 Å². The van der Waals surface area contributed by atoms with Gasteiger partial charge in [0.05, 0.1) is 6.07 Å². The molecule has 0 aromatic heterocycles. The Hall–Kier alpha value is -1.24. The lowest BCUT2D eigenvalue weighted by Gasteiger charge is -2.38. The number of carbonyl (C=O) groups is 1. The van der Waals surface area contributed by atoms with Crippen LogP contribution >= 0.6 is 0 Å². The van der Waals surface area contributed by atoms with Gasteiger partial charge in [-0.3, -0.25) is 0 Å². The number of rotatable bonds is 1. The van der Waals surface area contributed by atoms with Crippen LogP contribution in [0.5, 0.6) is 0 Å². The first-order valence-corrected chi connectivity index (χ1v) is 6.08. The number of hydrogen-bond acceptors (Lipinski definition) is 2. The molecule has 4 nitrogen and oxygen atoms in total. The Bertz CT molecular complexity index is 321. The minimum absolute atomic E-state index is 0.0703. The van der Waals surface area contributed by atoms with Crippen LogP contribution in [0, 0.1) is 23.2 Å². The quantitative estimate of drug-likeness (QED) is 0.676. The Labute approximate surface area is 96.8 Å². The normalized spacial score (nSPS) is 29.1. The molecule has 0 saturated carbocycles. The fourth-order valence-corrected chi connectivity index (χ4v) is 2.44. The molecule has 2 saturated heterocycles. The van der Waals surface area contributed by atoms with E-state index in [0.717, 1.165) is 32.5 Å². The van der Waals surface area contributed by atoms with Gasteiger partial charge in [0, 0.05) is 19.6 Å². The highest BCUT2D eigenvalue weighted by Gasteiger charge is 2.37. The smallest absolute Gasteiger partial charge is 0.321 e. The molecule has 2 aliphatic rings. The van der Waals surface area contributed by atoms with Crippen molar-refractivity contribution < 1.29 is 4.79 Å². The monoisotopic (exact) mass is 221 g/mol. The number of hydrogen-bond donors (Lipinski definition) is 0. The number of urea groups is 1. The summed E-state index contributed by atoms with van der Waals surface area (Å²) in [7, 11) is 0. The third-order valence-electron chi connectivity index (χ3n) is 3.85. The Kier molecular flexibility index (Phi) is 3.04. The van der Waals surface area contributed by atoms with E-state index in [1.807, 2.05) is 4.90 Å². The summed E-state index contributed by atoms with van der Waals surface area (Å²) in [5.74, 6) is 1.27. The summed E-state index contributed by atoms with van der Waals surface area (Å²) >= 11 is 0. The highest BCUT2D eigenvalue weighted by Crippen LogP contribution is 2.26. The zero-order valence-electron chi connectivity index (χ0n) is 10.0. The number of carbonyl (C=O) groups excluding carboxylic acids is 1. The van der Waals surface area contributed by atoms with Crippen LogP contribution < -0.4 is 0 Å². The molecule has 2 aliphatic heterocycles. The van der Waals surface area contributed by atoms with Gasteiger partial charge in [0.15, 0.2) is 0 Å². The Balaban J connectivity index is 1.90. The Morgan fingerprint density at radius 1 is 1.38 bits per heavy atom. The van der Waals surface area contributed by atoms with E-state index in [0.29, 0.717) is 11.8 Å². The number of likely N-dealkylation sites (tertiary alicyclic amines) is 2. The first-order chi connectivity index (χ1) is 7.63. The Morgan fingerprint density at radius 2 is 2.12 bits per heavy atom. The van der Waals surface area contributed by atoms with Crippen LogP contribution in [-0.4, -0.2) is 41.5 Å². The minimum Gasteiger partial charge on any atom is -0.324 e. The van der Waals surface area contributed by atoms with Gasteiger partial charge >= 0.3 is 6.03 Å². The minimum atomic E-state index is -0.175. The van der Waals surface area contributed by atoms with E-state index >= 15 is 0 Å². The summed E-state index contributed by atoms with van der Waals surface area (Å²) in [4.78, 5) is 15.7. The topological polar surface area (TPSA) is 47.3 Å². The van der Waals surface area contributed by atoms with Crippen molar-refractivity contribution in [3.05, 3.63) is 0 Å². The maximum Gasteiger partial charge on any atom is 0.321 e. The second kappa shape index (κ2) is 4.32. The van der Waals surface area contributed by atoms with Crippen LogP contribution in [0.2, 0.25) is 0 Å². The van der Waals surface area contributed by atoms with Crippen LogP contribution in [0.1, 0.15) is 26.7 Å². The van der Waals surface area contributed by atoms with Crippen LogP contribution in [0.3, 0.4) is 0 Å². The SMILES string of the molecule is CC(C)C1CCN(C(=O)N2CC[C@H]2C#N)C1. The molecule has 0 radical (unpaired) electrons. The first-order valence-electron chi connectivity index (χ1n) is 6.08. The van der Waals surface area contributed by atoms with Crippen molar-refractivity contribution >= 4 is 6.03 Å². The van der Waals surface area contributed by atoms with Crippen molar-refractivity contribution in [2.75, 3.05) is 19.6 Å². The van der Waals surface area contributed by atoms with Crippen molar-refractivity contribution in [2.45, 2.75) is 32.7 Å². The second-order valence-corrected chi connectivity index (χ2v) is 5.15. The Morgan fingerprint density at radius 3 is 2.56 bits per heavy atom. The summed E-state index contributed by atoms with van der Waals surface area (Å²) in [5, 5.41) is 8.83. The van der Waals surface area contributed by atoms with E-state index in [-0.39, 0.29) is 12.1 Å². The zero-order chi connectivity index (χ0) is 11.7. The summed E-state index contributed by atoms with van der Waals surface area (Å²) in [6.45, 7) is 6.89. The third-order valence-corrected chi connectivity index (χ3v) is 3.85. The summed E-state index contributed by atoms with van der Waals surface area (Å²) in [5.41, 5.74) is 0. The molecule has 2 heterocycles. The van der Waals surface area contributed by atoms with Crippen LogP contribution in [-0.2, 0) is 0 Å². The highest BCUT2D eigenvalue weighted by atomic mass is 16.2. The number of nitrogens with zero attached hydrogens (tertiary/aromatic N) is 3. The highest BCUT2D eigenvalue weighted by molar-refractivity contribution is 5.76. The van der Waals surface area contributed by atoms with E-state index in [2.05, 4.69) is 19.9 Å². The van der Waals surface area contributed by atoms with Gasteiger partial charge in [-0.15, -0.1) is 0 Å². The zero-order valence-corrected chi connectivity index (χ0v) is 10.0. The van der Waals surface area contributed by atoms with Gasteiger partial charge in [0.1, 0.15) is 6.04 Å². The van der Waals surface area contributed by atoms with Gasteiger partial charge in [0.2, 0.25) is 0 Å². The van der Waals surface area contributed by atoms with Gasteiger partial charge in [-0.2, -0.15) is 5.26 Å². The van der Waals surface area contributed by atoms with E-state index in [9.17, 15) is 4.79 Å². The molecule has 2 rings (SSSR count). The van der Waals surface area contributed by atoms with Gasteiger partial charge < -0.3 is 9.80 Å². The van der Waals surface area contributed by atoms with Crippen molar-refractivity contribution in [1.82, 2.24) is 9.80 Å². The van der Waals surface area contributed by atoms with Crippen molar-refractivity contribution in [3.8, 4) is 6.07 Å². The molecule has 88 valence electrons. The molecule has 0 N–H and O–H groups in total. The van der Waals surface area contributed by atoms with Gasteiger partial charge in [-0.1, -0.05) is 13.8 Å². The maximum absolute atomic E-state index is 12.1. The van der Waals surface area contributed by atoms with E-state index in [4.69, 9.17) is 5.26 Å². The molecule has 2 atom stereocenters. The standard InChI is InChI=1S/C12H19N3O/c1-9(2)10-3-5-14(8-10)12(16)15-6-4-11(15)7-13/h9-11H,3-6,8H2,1-2H3/t10?,11-/m0/s1. The van der Waals surface area contributed by atoms with Gasteiger partial charge in [0.25, 0.3) is 0 Å². The number of amides is 2. The average Bonchev–Trinajstić information content (AvgIpc) is 2.65. The van der Waals surface area contributed by atoms with Crippen LogP contribution in [0.4, 0.5) is 4.79 Å². The summed E-state index contributed by atoms with van der Waals surface area (Å²) in [6.07, 6.45) is 1.94. The molecular formula is C12H19N3O. The van der Waals surface area contributed by atoms with Crippen LogP contribution in [0.25, 0.3) is 0 Å². The molecule has 0 aromatic carbocycles. The van der Waals surface area contributed by atoms with Gasteiger partial charge in [-0.25, -0.2) is 4.79 Å². The van der Waals surface area contributed by atoms with E-state index in [1.54, 1.807) is 4.90 Å². The lowest BCUT2D eigenvalue weighted by Crippen LogP contribution is -2.55. The van der Waals surface area contributed by atoms with Gasteiger partial charge in [-0.05, 0) is 24.7 Å². The molecule has 1 unspecified atom stereocenters. The molecule has 2 fully saturated rings. The van der Waals surface area contributed by atoms with Crippen molar-refractivity contribution in [1.29, 1.82) is 5.26 Å². The fraction of sp³-hybridized carbons (Fsp3) is 0.833. The predicted molar refractivity (Wildman–Crippen MR) is 60.6 cm³/mol. The lowest BCUT2D eigenvalue weighted by atomic mass is 9.95. The molecule has 0 bridgehead atoms. The summed E-state index contributed by atoms with van der Waals surface area (Å²) in [6, 6.07) is 2.06. The maximum atomic E-state index is 12.1. The van der Waals surface area contributed by atoms with Crippen molar-refractivity contribution in [3.63, 3.8) is 0 Å². The molecule has 2 amide bonds. The van der Waals surface area contributed by atoms with E-state index < -0.39 is 0 Å². The predicted octanol–water partition coefficient (Wildman–Crippen LogP) is 1.68. The molecule has 0 spiro atoms. The first kappa shape index (κ1) is 11.3. The number of nitriles is 1. The molecule has 0 aromatic rings. The molecular weight excluding hydrogens is 202 g/mol. The summed E-state index contributed by atoms with van der Waals surface area (Å²) < 4.78 is 0. The third kappa shape index (κ3) is 1.87. The largest absolute Gasteiger partial charge is 0.324 e. The molecule has 0 aliphatic carbocycles. The average molecular weight is 221 g/mol. The fourth-order valence-electron chi connectivity index (χ4n) is 2.44. The van der Waals surface area contributed by atoms with E-state index in [1.165, 1.54) is 0 Å². The molecule has 4 heteroatoms. The van der Waals surface area contributed by atoms with Crippen molar-refractivity contribution in [2.24, 2.45) is 11.8 Å². The molecule has 16 heavy (non-hydrogen) atoms. The second-order valence-electron chi connectivity index (χ2n) is 5.15.